The van der Waals surface area contributed by atoms with Crippen molar-refractivity contribution in [3.8, 4) is 11.1 Å². The van der Waals surface area contributed by atoms with Crippen LogP contribution in [0.15, 0.2) is 108 Å². The maximum absolute atomic E-state index is 6.45. The molecule has 0 bridgehead atoms. The SMILES string of the molecule is c1ccc2c(c1)cc1c3cccc4c5cc(-c6cccc7c6oc6ccccc67)cc6c2c1n(c43)c56. The smallest absolute Gasteiger partial charge is 0.143 e. The monoisotopic (exact) mass is 455 g/mol. The second-order valence-electron chi connectivity index (χ2n) is 10.1. The molecule has 10 rings (SSSR count). The maximum atomic E-state index is 6.45. The van der Waals surface area contributed by atoms with Crippen molar-refractivity contribution in [1.82, 2.24) is 4.40 Å². The van der Waals surface area contributed by atoms with E-state index < -0.39 is 0 Å². The first kappa shape index (κ1) is 17.6. The van der Waals surface area contributed by atoms with E-state index in [4.69, 9.17) is 4.42 Å². The molecule has 0 aliphatic carbocycles. The van der Waals surface area contributed by atoms with Gasteiger partial charge in [-0.1, -0.05) is 78.9 Å². The van der Waals surface area contributed by atoms with Crippen LogP contribution in [0.3, 0.4) is 0 Å². The summed E-state index contributed by atoms with van der Waals surface area (Å²) in [5.74, 6) is 0. The number of aromatic nitrogens is 1. The zero-order valence-corrected chi connectivity index (χ0v) is 19.2. The summed E-state index contributed by atoms with van der Waals surface area (Å²) in [5, 5.41) is 13.0. The van der Waals surface area contributed by atoms with Crippen LogP contribution < -0.4 is 0 Å². The Morgan fingerprint density at radius 2 is 1.14 bits per heavy atom. The third-order valence-electron chi connectivity index (χ3n) is 8.40. The van der Waals surface area contributed by atoms with Crippen LogP contribution in [0.5, 0.6) is 0 Å². The van der Waals surface area contributed by atoms with E-state index in [0.717, 1.165) is 16.7 Å². The standard InChI is InChI=1S/C34H17NO/c1-2-8-20-18(7-1)15-27-24-12-6-11-23-26-16-19(17-28-30(20)33(27)35(31(23)24)32(26)28)21-10-5-13-25-22-9-3-4-14-29(22)36-34(21)25/h1-17H. The zero-order chi connectivity index (χ0) is 23.1. The Balaban J connectivity index is 1.47. The second kappa shape index (κ2) is 5.69. The molecule has 2 heteroatoms. The van der Waals surface area contributed by atoms with Gasteiger partial charge in [0.2, 0.25) is 0 Å². The van der Waals surface area contributed by atoms with E-state index in [2.05, 4.69) is 101 Å². The van der Waals surface area contributed by atoms with Crippen molar-refractivity contribution in [3.63, 3.8) is 0 Å². The fourth-order valence-corrected chi connectivity index (χ4v) is 7.00. The molecule has 0 N–H and O–H groups in total. The molecule has 164 valence electrons. The van der Waals surface area contributed by atoms with Gasteiger partial charge in [0.25, 0.3) is 0 Å². The average Bonchev–Trinajstić information content (AvgIpc) is 3.66. The van der Waals surface area contributed by atoms with E-state index in [1.807, 2.05) is 6.07 Å². The molecule has 6 aromatic carbocycles. The summed E-state index contributed by atoms with van der Waals surface area (Å²) in [6, 6.07) is 37.6. The van der Waals surface area contributed by atoms with Crippen LogP contribution >= 0.6 is 0 Å². The van der Waals surface area contributed by atoms with Crippen molar-refractivity contribution in [3.05, 3.63) is 103 Å². The average molecular weight is 456 g/mol. The Morgan fingerprint density at radius 1 is 0.472 bits per heavy atom. The molecule has 0 saturated carbocycles. The van der Waals surface area contributed by atoms with E-state index in [1.54, 1.807) is 0 Å². The molecule has 0 atom stereocenters. The summed E-state index contributed by atoms with van der Waals surface area (Å²) in [4.78, 5) is 0. The van der Waals surface area contributed by atoms with Gasteiger partial charge in [0.1, 0.15) is 11.2 Å². The van der Waals surface area contributed by atoms with E-state index in [9.17, 15) is 0 Å². The van der Waals surface area contributed by atoms with Crippen molar-refractivity contribution in [2.45, 2.75) is 0 Å². The molecule has 0 amide bonds. The molecule has 4 aromatic heterocycles. The van der Waals surface area contributed by atoms with E-state index in [0.29, 0.717) is 0 Å². The van der Waals surface area contributed by atoms with Crippen molar-refractivity contribution in [2.75, 3.05) is 0 Å². The topological polar surface area (TPSA) is 17.6 Å². The number of benzene rings is 6. The molecule has 0 unspecified atom stereocenters. The Morgan fingerprint density at radius 3 is 2.06 bits per heavy atom. The van der Waals surface area contributed by atoms with Crippen LogP contribution in [0.4, 0.5) is 0 Å². The predicted molar refractivity (Wildman–Crippen MR) is 151 cm³/mol. The van der Waals surface area contributed by atoms with Gasteiger partial charge in [-0.25, -0.2) is 0 Å². The summed E-state index contributed by atoms with van der Waals surface area (Å²) in [6.07, 6.45) is 0. The Hall–Kier alpha value is -4.82. The first-order valence-corrected chi connectivity index (χ1v) is 12.5. The number of fused-ring (bicyclic) bond motifs is 8. The fourth-order valence-electron chi connectivity index (χ4n) is 7.00. The van der Waals surface area contributed by atoms with Gasteiger partial charge >= 0.3 is 0 Å². The van der Waals surface area contributed by atoms with Gasteiger partial charge in [-0.05, 0) is 40.6 Å². The van der Waals surface area contributed by atoms with Crippen LogP contribution in [0.1, 0.15) is 0 Å². The van der Waals surface area contributed by atoms with Crippen LogP contribution in [-0.2, 0) is 0 Å². The summed E-state index contributed by atoms with van der Waals surface area (Å²) in [7, 11) is 0. The predicted octanol–water partition coefficient (Wildman–Crippen LogP) is 9.59. The highest BCUT2D eigenvalue weighted by molar-refractivity contribution is 6.38. The highest BCUT2D eigenvalue weighted by atomic mass is 16.3. The number of rotatable bonds is 1. The van der Waals surface area contributed by atoms with Crippen molar-refractivity contribution >= 4 is 81.6 Å². The van der Waals surface area contributed by atoms with Crippen molar-refractivity contribution in [2.24, 2.45) is 0 Å². The molecular weight excluding hydrogens is 438 g/mol. The first-order chi connectivity index (χ1) is 17.9. The number of nitrogens with zero attached hydrogens (tertiary/aromatic N) is 1. The van der Waals surface area contributed by atoms with Crippen LogP contribution in [0, 0.1) is 0 Å². The quantitative estimate of drug-likeness (QED) is 0.241. The number of furan rings is 1. The maximum Gasteiger partial charge on any atom is 0.143 e. The van der Waals surface area contributed by atoms with Gasteiger partial charge in [0.05, 0.1) is 16.6 Å². The van der Waals surface area contributed by atoms with Crippen LogP contribution in [-0.4, -0.2) is 4.40 Å². The molecule has 0 saturated heterocycles. The van der Waals surface area contributed by atoms with Crippen molar-refractivity contribution < 1.29 is 4.42 Å². The second-order valence-corrected chi connectivity index (χ2v) is 10.1. The van der Waals surface area contributed by atoms with Crippen molar-refractivity contribution in [1.29, 1.82) is 0 Å². The summed E-state index contributed by atoms with van der Waals surface area (Å²) in [6.45, 7) is 0. The summed E-state index contributed by atoms with van der Waals surface area (Å²) < 4.78 is 8.97. The molecule has 0 radical (unpaired) electrons. The van der Waals surface area contributed by atoms with Gasteiger partial charge in [0.15, 0.2) is 0 Å². The lowest BCUT2D eigenvalue weighted by molar-refractivity contribution is 0.670. The van der Waals surface area contributed by atoms with E-state index in [1.165, 1.54) is 76.0 Å². The minimum Gasteiger partial charge on any atom is -0.455 e. The summed E-state index contributed by atoms with van der Waals surface area (Å²) >= 11 is 0. The van der Waals surface area contributed by atoms with E-state index >= 15 is 0 Å². The summed E-state index contributed by atoms with van der Waals surface area (Å²) in [5.41, 5.74) is 8.28. The lowest BCUT2D eigenvalue weighted by Gasteiger charge is -2.06. The normalized spacial score (nSPS) is 13.0. The molecule has 0 fully saturated rings. The third-order valence-corrected chi connectivity index (χ3v) is 8.40. The molecule has 0 spiro atoms. The number of para-hydroxylation sites is 3. The van der Waals surface area contributed by atoms with Crippen LogP contribution in [0.2, 0.25) is 0 Å². The Kier molecular flexibility index (Phi) is 2.78. The zero-order valence-electron chi connectivity index (χ0n) is 19.2. The van der Waals surface area contributed by atoms with Gasteiger partial charge < -0.3 is 8.82 Å². The Labute approximate surface area is 204 Å². The molecule has 2 nitrogen and oxygen atoms in total. The minimum atomic E-state index is 0.936. The molecule has 0 aliphatic rings. The third kappa shape index (κ3) is 1.81. The van der Waals surface area contributed by atoms with E-state index in [-0.39, 0.29) is 0 Å². The lowest BCUT2D eigenvalue weighted by atomic mass is 9.96. The number of hydrogen-bond acceptors (Lipinski definition) is 1. The molecule has 0 aliphatic heterocycles. The Bertz CT molecular complexity index is 2470. The van der Waals surface area contributed by atoms with Gasteiger partial charge in [-0.15, -0.1) is 0 Å². The van der Waals surface area contributed by atoms with Gasteiger partial charge in [-0.2, -0.15) is 0 Å². The minimum absolute atomic E-state index is 0.936. The number of hydrogen-bond donors (Lipinski definition) is 0. The fraction of sp³-hybridized carbons (Fsp3) is 0. The highest BCUT2D eigenvalue weighted by Gasteiger charge is 2.26. The largest absolute Gasteiger partial charge is 0.455 e. The molecule has 36 heavy (non-hydrogen) atoms. The van der Waals surface area contributed by atoms with Gasteiger partial charge in [0, 0.05) is 48.7 Å². The lowest BCUT2D eigenvalue weighted by Crippen LogP contribution is -1.81. The first-order valence-electron chi connectivity index (χ1n) is 12.5. The van der Waals surface area contributed by atoms with Gasteiger partial charge in [-0.3, -0.25) is 0 Å². The molecular formula is C34H17NO. The van der Waals surface area contributed by atoms with Crippen LogP contribution in [0.25, 0.3) is 92.7 Å². The highest BCUT2D eigenvalue weighted by Crippen LogP contribution is 2.50. The molecule has 10 aromatic rings. The molecule has 4 heterocycles.